The minimum absolute atomic E-state index is 0.265. The van der Waals surface area contributed by atoms with E-state index in [0.29, 0.717) is 29.1 Å². The van der Waals surface area contributed by atoms with E-state index in [2.05, 4.69) is 26.4 Å². The van der Waals surface area contributed by atoms with Gasteiger partial charge in [0.05, 0.1) is 35.2 Å². The molecular formula is C25H21N5O2. The van der Waals surface area contributed by atoms with E-state index < -0.39 is 0 Å². The first kappa shape index (κ1) is 19.6. The van der Waals surface area contributed by atoms with Crippen molar-refractivity contribution in [2.24, 2.45) is 0 Å². The third-order valence-corrected chi connectivity index (χ3v) is 5.30. The van der Waals surface area contributed by atoms with Crippen LogP contribution in [0.4, 0.5) is 5.69 Å². The number of aromatic nitrogens is 4. The largest absolute Gasteiger partial charge is 0.354 e. The number of aryl methyl sites for hydroxylation is 1. The number of para-hydroxylation sites is 1. The van der Waals surface area contributed by atoms with E-state index in [1.54, 1.807) is 23.1 Å². The minimum atomic E-state index is -0.325. The maximum Gasteiger partial charge on any atom is 0.257 e. The number of benzene rings is 2. The second-order valence-electron chi connectivity index (χ2n) is 7.77. The van der Waals surface area contributed by atoms with Crippen molar-refractivity contribution in [1.29, 1.82) is 0 Å². The summed E-state index contributed by atoms with van der Waals surface area (Å²) in [6.45, 7) is 2.66. The fourth-order valence-corrected chi connectivity index (χ4v) is 3.75. The molecule has 3 N–H and O–H groups in total. The van der Waals surface area contributed by atoms with Crippen LogP contribution in [0.25, 0.3) is 22.2 Å². The van der Waals surface area contributed by atoms with Gasteiger partial charge in [-0.25, -0.2) is 0 Å². The molecule has 0 radical (unpaired) electrons. The highest BCUT2D eigenvalue weighted by molar-refractivity contribution is 6.04. The highest BCUT2D eigenvalue weighted by Crippen LogP contribution is 2.22. The molecule has 0 atom stereocenters. The summed E-state index contributed by atoms with van der Waals surface area (Å²) in [6.07, 6.45) is 4.81. The van der Waals surface area contributed by atoms with Gasteiger partial charge in [-0.15, -0.1) is 0 Å². The van der Waals surface area contributed by atoms with Crippen molar-refractivity contribution in [3.05, 3.63) is 106 Å². The first-order chi connectivity index (χ1) is 15.5. The summed E-state index contributed by atoms with van der Waals surface area (Å²) in [5.74, 6) is -0.325. The van der Waals surface area contributed by atoms with Gasteiger partial charge in [0, 0.05) is 23.3 Å². The fourth-order valence-electron chi connectivity index (χ4n) is 3.75. The van der Waals surface area contributed by atoms with Crippen molar-refractivity contribution in [3.8, 4) is 11.3 Å². The smallest absolute Gasteiger partial charge is 0.257 e. The number of carbonyl (C=O) groups is 1. The van der Waals surface area contributed by atoms with Crippen LogP contribution < -0.4 is 10.9 Å². The Morgan fingerprint density at radius 3 is 2.81 bits per heavy atom. The molecule has 0 aliphatic rings. The highest BCUT2D eigenvalue weighted by atomic mass is 16.2. The Balaban J connectivity index is 1.35. The van der Waals surface area contributed by atoms with E-state index in [1.165, 1.54) is 11.8 Å². The van der Waals surface area contributed by atoms with Crippen LogP contribution in [0.5, 0.6) is 0 Å². The van der Waals surface area contributed by atoms with Gasteiger partial charge in [0.1, 0.15) is 0 Å². The standard InChI is InChI=1S/C25H21N5O2/c1-16-5-4-6-17(9-16)14-30-15-20(13-27-30)28-24(31)19-10-21(25(32)26-12-19)23-11-18-7-2-3-8-22(18)29-23/h2-13,15,29H,14H2,1H3,(H,26,32)(H,28,31). The molecule has 3 aromatic heterocycles. The van der Waals surface area contributed by atoms with Crippen LogP contribution in [0.15, 0.2) is 84.0 Å². The number of nitrogens with one attached hydrogen (secondary N) is 3. The zero-order valence-electron chi connectivity index (χ0n) is 17.4. The number of aromatic amines is 2. The van der Waals surface area contributed by atoms with Crippen LogP contribution in [0.1, 0.15) is 21.5 Å². The Morgan fingerprint density at radius 2 is 1.97 bits per heavy atom. The Hall–Kier alpha value is -4.39. The van der Waals surface area contributed by atoms with E-state index >= 15 is 0 Å². The van der Waals surface area contributed by atoms with Gasteiger partial charge < -0.3 is 15.3 Å². The molecule has 0 aliphatic heterocycles. The van der Waals surface area contributed by atoms with E-state index in [4.69, 9.17) is 0 Å². The van der Waals surface area contributed by atoms with Gasteiger partial charge in [-0.05, 0) is 30.7 Å². The van der Waals surface area contributed by atoms with Crippen LogP contribution in [-0.4, -0.2) is 25.7 Å². The van der Waals surface area contributed by atoms with Gasteiger partial charge >= 0.3 is 0 Å². The zero-order valence-corrected chi connectivity index (χ0v) is 17.4. The van der Waals surface area contributed by atoms with Gasteiger partial charge in [0.15, 0.2) is 0 Å². The van der Waals surface area contributed by atoms with Crippen molar-refractivity contribution < 1.29 is 4.79 Å². The first-order valence-electron chi connectivity index (χ1n) is 10.3. The van der Waals surface area contributed by atoms with Crippen LogP contribution >= 0.6 is 0 Å². The summed E-state index contributed by atoms with van der Waals surface area (Å²) in [6, 6.07) is 19.5. The Morgan fingerprint density at radius 1 is 1.09 bits per heavy atom. The van der Waals surface area contributed by atoms with Crippen molar-refractivity contribution in [2.75, 3.05) is 5.32 Å². The molecule has 0 bridgehead atoms. The topological polar surface area (TPSA) is 95.6 Å². The third kappa shape index (κ3) is 3.96. The van der Waals surface area contributed by atoms with E-state index in [1.807, 2.05) is 55.5 Å². The second kappa shape index (κ2) is 8.03. The number of anilines is 1. The number of nitrogens with zero attached hydrogens (tertiary/aromatic N) is 2. The molecule has 158 valence electrons. The summed E-state index contributed by atoms with van der Waals surface area (Å²) in [4.78, 5) is 31.1. The predicted molar refractivity (Wildman–Crippen MR) is 125 cm³/mol. The summed E-state index contributed by atoms with van der Waals surface area (Å²) < 4.78 is 1.77. The quantitative estimate of drug-likeness (QED) is 0.393. The fraction of sp³-hybridized carbons (Fsp3) is 0.0800. The van der Waals surface area contributed by atoms with Crippen LogP contribution in [0, 0.1) is 6.92 Å². The number of hydrogen-bond acceptors (Lipinski definition) is 3. The molecule has 2 aromatic carbocycles. The summed E-state index contributed by atoms with van der Waals surface area (Å²) in [5.41, 5.74) is 4.99. The Kier molecular flexibility index (Phi) is 4.91. The molecule has 0 saturated carbocycles. The van der Waals surface area contributed by atoms with E-state index in [9.17, 15) is 9.59 Å². The van der Waals surface area contributed by atoms with Crippen molar-refractivity contribution >= 4 is 22.5 Å². The summed E-state index contributed by atoms with van der Waals surface area (Å²) in [5, 5.41) is 8.17. The second-order valence-corrected chi connectivity index (χ2v) is 7.77. The number of H-pyrrole nitrogens is 2. The summed E-state index contributed by atoms with van der Waals surface area (Å²) in [7, 11) is 0. The zero-order chi connectivity index (χ0) is 22.1. The molecule has 5 rings (SSSR count). The molecule has 0 unspecified atom stereocenters. The molecular weight excluding hydrogens is 402 g/mol. The van der Waals surface area contributed by atoms with Gasteiger partial charge in [-0.1, -0.05) is 48.0 Å². The van der Waals surface area contributed by atoms with Gasteiger partial charge in [-0.3, -0.25) is 14.3 Å². The number of pyridine rings is 1. The Bertz CT molecular complexity index is 1460. The Labute approximate surface area is 183 Å². The van der Waals surface area contributed by atoms with Gasteiger partial charge in [0.25, 0.3) is 11.5 Å². The molecule has 1 amide bonds. The van der Waals surface area contributed by atoms with E-state index in [-0.39, 0.29) is 11.5 Å². The maximum atomic E-state index is 12.8. The number of hydrogen-bond donors (Lipinski definition) is 3. The number of fused-ring (bicyclic) bond motifs is 1. The molecule has 7 heteroatoms. The molecule has 32 heavy (non-hydrogen) atoms. The van der Waals surface area contributed by atoms with Gasteiger partial charge in [-0.2, -0.15) is 5.10 Å². The molecule has 5 aromatic rings. The summed E-state index contributed by atoms with van der Waals surface area (Å²) >= 11 is 0. The lowest BCUT2D eigenvalue weighted by molar-refractivity contribution is 0.102. The molecule has 0 aliphatic carbocycles. The first-order valence-corrected chi connectivity index (χ1v) is 10.3. The maximum absolute atomic E-state index is 12.8. The molecule has 0 fully saturated rings. The normalized spacial score (nSPS) is 11.0. The van der Waals surface area contributed by atoms with Crippen LogP contribution in [0.2, 0.25) is 0 Å². The average molecular weight is 423 g/mol. The van der Waals surface area contributed by atoms with Gasteiger partial charge in [0.2, 0.25) is 0 Å². The molecule has 3 heterocycles. The highest BCUT2D eigenvalue weighted by Gasteiger charge is 2.13. The lowest BCUT2D eigenvalue weighted by Crippen LogP contribution is -2.16. The van der Waals surface area contributed by atoms with E-state index in [0.717, 1.165) is 16.5 Å². The SMILES string of the molecule is Cc1cccc(Cn2cc(NC(=O)c3c[nH]c(=O)c(-c4cc5ccccc5[nH]4)c3)cn2)c1. The minimum Gasteiger partial charge on any atom is -0.354 e. The van der Waals surface area contributed by atoms with Crippen molar-refractivity contribution in [1.82, 2.24) is 19.7 Å². The number of rotatable bonds is 5. The van der Waals surface area contributed by atoms with Crippen LogP contribution in [-0.2, 0) is 6.54 Å². The van der Waals surface area contributed by atoms with Crippen molar-refractivity contribution in [2.45, 2.75) is 13.5 Å². The number of carbonyl (C=O) groups excluding carboxylic acids is 1. The molecule has 0 spiro atoms. The monoisotopic (exact) mass is 423 g/mol. The molecule has 0 saturated heterocycles. The van der Waals surface area contributed by atoms with Crippen molar-refractivity contribution in [3.63, 3.8) is 0 Å². The molecule has 7 nitrogen and oxygen atoms in total. The number of amides is 1. The lowest BCUT2D eigenvalue weighted by atomic mass is 10.1. The predicted octanol–water partition coefficient (Wildman–Crippen LogP) is 4.33. The average Bonchev–Trinajstić information content (AvgIpc) is 3.40. The van der Waals surface area contributed by atoms with Crippen LogP contribution in [0.3, 0.4) is 0 Å². The third-order valence-electron chi connectivity index (χ3n) is 5.30. The lowest BCUT2D eigenvalue weighted by Gasteiger charge is -2.05.